The van der Waals surface area contributed by atoms with E-state index in [4.69, 9.17) is 14.7 Å². The van der Waals surface area contributed by atoms with Gasteiger partial charge in [0.1, 0.15) is 5.75 Å². The summed E-state index contributed by atoms with van der Waals surface area (Å²) >= 11 is 1.80. The fraction of sp³-hybridized carbons (Fsp3) is 0.154. The third kappa shape index (κ3) is 3.52. The van der Waals surface area contributed by atoms with E-state index in [9.17, 15) is 0 Å². The molecule has 2 aromatic heterocycles. The standard InChI is InChI=1S/C26H22N4OS/c1-2-7-19(8-3-1)31-25-20-9-4-5-10-22(20)27-26(28-25)30-16-14-29(15-17-30)23-11-6-12-24-21(23)13-18-32-24/h1-13,18H,14-17H2. The van der Waals surface area contributed by atoms with Gasteiger partial charge in [0, 0.05) is 42.0 Å². The predicted molar refractivity (Wildman–Crippen MR) is 132 cm³/mol. The Morgan fingerprint density at radius 3 is 2.34 bits per heavy atom. The van der Waals surface area contributed by atoms with Gasteiger partial charge >= 0.3 is 0 Å². The van der Waals surface area contributed by atoms with E-state index in [1.807, 2.05) is 54.6 Å². The summed E-state index contributed by atoms with van der Waals surface area (Å²) in [5.41, 5.74) is 2.21. The topological polar surface area (TPSA) is 41.5 Å². The molecule has 0 atom stereocenters. The highest BCUT2D eigenvalue weighted by Crippen LogP contribution is 2.33. The first kappa shape index (κ1) is 19.1. The Balaban J connectivity index is 1.28. The maximum Gasteiger partial charge on any atom is 0.231 e. The van der Waals surface area contributed by atoms with E-state index in [2.05, 4.69) is 39.4 Å². The average molecular weight is 439 g/mol. The molecule has 0 unspecified atom stereocenters. The lowest BCUT2D eigenvalue weighted by Gasteiger charge is -2.36. The molecule has 0 spiro atoms. The number of rotatable bonds is 4. The van der Waals surface area contributed by atoms with Gasteiger partial charge in [-0.2, -0.15) is 4.98 Å². The monoisotopic (exact) mass is 438 g/mol. The molecule has 32 heavy (non-hydrogen) atoms. The third-order valence-corrected chi connectivity index (χ3v) is 6.77. The van der Waals surface area contributed by atoms with Crippen molar-refractivity contribution in [3.63, 3.8) is 0 Å². The van der Waals surface area contributed by atoms with Crippen molar-refractivity contribution in [2.24, 2.45) is 0 Å². The van der Waals surface area contributed by atoms with Crippen LogP contribution in [0.1, 0.15) is 0 Å². The second kappa shape index (κ2) is 8.13. The van der Waals surface area contributed by atoms with Crippen LogP contribution < -0.4 is 14.5 Å². The number of hydrogen-bond donors (Lipinski definition) is 0. The molecule has 0 bridgehead atoms. The van der Waals surface area contributed by atoms with E-state index in [-0.39, 0.29) is 0 Å². The van der Waals surface area contributed by atoms with Crippen molar-refractivity contribution < 1.29 is 4.74 Å². The predicted octanol–water partition coefficient (Wildman–Crippen LogP) is 5.96. The van der Waals surface area contributed by atoms with Gasteiger partial charge in [-0.25, -0.2) is 4.98 Å². The first-order valence-corrected chi connectivity index (χ1v) is 11.7. The number of hydrogen-bond acceptors (Lipinski definition) is 6. The Kier molecular flexibility index (Phi) is 4.85. The van der Waals surface area contributed by atoms with Gasteiger partial charge in [0.15, 0.2) is 0 Å². The molecular weight excluding hydrogens is 416 g/mol. The zero-order chi connectivity index (χ0) is 21.3. The third-order valence-electron chi connectivity index (χ3n) is 5.89. The summed E-state index contributed by atoms with van der Waals surface area (Å²) in [6, 6.07) is 26.6. The fourth-order valence-electron chi connectivity index (χ4n) is 4.26. The minimum absolute atomic E-state index is 0.599. The highest BCUT2D eigenvalue weighted by molar-refractivity contribution is 7.17. The van der Waals surface area contributed by atoms with E-state index >= 15 is 0 Å². The maximum absolute atomic E-state index is 6.17. The second-order valence-electron chi connectivity index (χ2n) is 7.84. The lowest BCUT2D eigenvalue weighted by atomic mass is 10.2. The summed E-state index contributed by atoms with van der Waals surface area (Å²) in [7, 11) is 0. The molecule has 6 rings (SSSR count). The molecule has 6 heteroatoms. The largest absolute Gasteiger partial charge is 0.438 e. The van der Waals surface area contributed by atoms with Crippen LogP contribution >= 0.6 is 11.3 Å². The number of thiophene rings is 1. The second-order valence-corrected chi connectivity index (χ2v) is 8.79. The molecule has 1 fully saturated rings. The summed E-state index contributed by atoms with van der Waals surface area (Å²) in [5, 5.41) is 4.43. The van der Waals surface area contributed by atoms with Gasteiger partial charge in [0.05, 0.1) is 10.9 Å². The number of nitrogens with zero attached hydrogens (tertiary/aromatic N) is 4. The summed E-state index contributed by atoms with van der Waals surface area (Å²) in [6.45, 7) is 3.59. The highest BCUT2D eigenvalue weighted by atomic mass is 32.1. The van der Waals surface area contributed by atoms with Crippen LogP contribution in [0, 0.1) is 0 Å². The lowest BCUT2D eigenvalue weighted by Crippen LogP contribution is -2.47. The van der Waals surface area contributed by atoms with Crippen LogP contribution in [0.3, 0.4) is 0 Å². The maximum atomic E-state index is 6.17. The molecule has 1 aliphatic rings. The molecule has 1 aliphatic heterocycles. The van der Waals surface area contributed by atoms with Gasteiger partial charge in [-0.3, -0.25) is 0 Å². The SMILES string of the molecule is c1ccc(Oc2nc(N3CCN(c4cccc5sccc45)CC3)nc3ccccc23)cc1. The minimum Gasteiger partial charge on any atom is -0.438 e. The van der Waals surface area contributed by atoms with Crippen molar-refractivity contribution in [2.75, 3.05) is 36.0 Å². The van der Waals surface area contributed by atoms with Crippen LogP contribution in [0.25, 0.3) is 21.0 Å². The van der Waals surface area contributed by atoms with E-state index in [0.717, 1.165) is 48.8 Å². The summed E-state index contributed by atoms with van der Waals surface area (Å²) < 4.78 is 7.50. The normalized spacial score (nSPS) is 14.2. The quantitative estimate of drug-likeness (QED) is 0.346. The Labute approximate surface area is 190 Å². The van der Waals surface area contributed by atoms with Crippen LogP contribution in [-0.2, 0) is 0 Å². The Hall–Kier alpha value is -3.64. The van der Waals surface area contributed by atoms with Crippen LogP contribution in [0.5, 0.6) is 11.6 Å². The number of benzene rings is 3. The van der Waals surface area contributed by atoms with Crippen LogP contribution in [0.2, 0.25) is 0 Å². The molecule has 5 nitrogen and oxygen atoms in total. The number of piperazine rings is 1. The van der Waals surface area contributed by atoms with E-state index < -0.39 is 0 Å². The number of aromatic nitrogens is 2. The number of fused-ring (bicyclic) bond motifs is 2. The molecular formula is C26H22N4OS. The van der Waals surface area contributed by atoms with Crippen LogP contribution in [-0.4, -0.2) is 36.1 Å². The average Bonchev–Trinajstić information content (AvgIpc) is 3.34. The van der Waals surface area contributed by atoms with Crippen molar-refractivity contribution in [1.82, 2.24) is 9.97 Å². The van der Waals surface area contributed by atoms with Crippen molar-refractivity contribution in [2.45, 2.75) is 0 Å². The first-order chi connectivity index (χ1) is 15.8. The van der Waals surface area contributed by atoms with Gasteiger partial charge in [0.25, 0.3) is 0 Å². The molecule has 0 N–H and O–H groups in total. The van der Waals surface area contributed by atoms with Crippen molar-refractivity contribution in [3.05, 3.63) is 84.2 Å². The fourth-order valence-corrected chi connectivity index (χ4v) is 5.06. The smallest absolute Gasteiger partial charge is 0.231 e. The van der Waals surface area contributed by atoms with Crippen molar-refractivity contribution in [1.29, 1.82) is 0 Å². The molecule has 3 aromatic carbocycles. The van der Waals surface area contributed by atoms with Gasteiger partial charge in [-0.05, 0) is 47.8 Å². The summed E-state index contributed by atoms with van der Waals surface area (Å²) in [5.74, 6) is 2.10. The Bertz CT molecular complexity index is 1380. The Morgan fingerprint density at radius 1 is 0.688 bits per heavy atom. The first-order valence-electron chi connectivity index (χ1n) is 10.8. The molecule has 5 aromatic rings. The minimum atomic E-state index is 0.599. The van der Waals surface area contributed by atoms with Gasteiger partial charge in [0.2, 0.25) is 11.8 Å². The molecule has 0 aliphatic carbocycles. The van der Waals surface area contributed by atoms with Crippen molar-refractivity contribution in [3.8, 4) is 11.6 Å². The molecule has 0 radical (unpaired) electrons. The number of para-hydroxylation sites is 2. The van der Waals surface area contributed by atoms with Gasteiger partial charge in [-0.15, -0.1) is 11.3 Å². The lowest BCUT2D eigenvalue weighted by molar-refractivity contribution is 0.467. The molecule has 0 saturated carbocycles. The molecule has 3 heterocycles. The summed E-state index contributed by atoms with van der Waals surface area (Å²) in [4.78, 5) is 14.4. The summed E-state index contributed by atoms with van der Waals surface area (Å²) in [6.07, 6.45) is 0. The van der Waals surface area contributed by atoms with Crippen molar-refractivity contribution >= 4 is 44.0 Å². The van der Waals surface area contributed by atoms with Crippen LogP contribution in [0.4, 0.5) is 11.6 Å². The molecule has 0 amide bonds. The number of anilines is 2. The highest BCUT2D eigenvalue weighted by Gasteiger charge is 2.22. The van der Waals surface area contributed by atoms with Gasteiger partial charge in [-0.1, -0.05) is 36.4 Å². The molecule has 1 saturated heterocycles. The Morgan fingerprint density at radius 2 is 1.47 bits per heavy atom. The van der Waals surface area contributed by atoms with Gasteiger partial charge < -0.3 is 14.5 Å². The zero-order valence-electron chi connectivity index (χ0n) is 17.5. The van der Waals surface area contributed by atoms with E-state index in [0.29, 0.717) is 5.88 Å². The zero-order valence-corrected chi connectivity index (χ0v) is 18.3. The molecule has 158 valence electrons. The number of ether oxygens (including phenoxy) is 1. The van der Waals surface area contributed by atoms with Crippen LogP contribution in [0.15, 0.2) is 84.2 Å². The van der Waals surface area contributed by atoms with E-state index in [1.54, 1.807) is 11.3 Å². The van der Waals surface area contributed by atoms with E-state index in [1.165, 1.54) is 15.8 Å².